The molecule has 2 N–H and O–H groups in total. The Morgan fingerprint density at radius 3 is 2.07 bits per heavy atom. The maximum Gasteiger partial charge on any atom is 0.127 e. The third kappa shape index (κ3) is 5.01. The number of phenols is 1. The van der Waals surface area contributed by atoms with Crippen molar-refractivity contribution >= 4 is 0 Å². The van der Waals surface area contributed by atoms with Crippen LogP contribution in [0, 0.1) is 27.7 Å². The van der Waals surface area contributed by atoms with Gasteiger partial charge < -0.3 is 24.6 Å². The first-order valence-electron chi connectivity index (χ1n) is 10.5. The van der Waals surface area contributed by atoms with Crippen LogP contribution in [0.5, 0.6) is 23.0 Å². The smallest absolute Gasteiger partial charge is 0.127 e. The van der Waals surface area contributed by atoms with Crippen LogP contribution in [0.3, 0.4) is 0 Å². The summed E-state index contributed by atoms with van der Waals surface area (Å²) in [6, 6.07) is 3.73. The van der Waals surface area contributed by atoms with Gasteiger partial charge in [-0.05, 0) is 74.9 Å². The highest BCUT2D eigenvalue weighted by atomic mass is 16.5. The summed E-state index contributed by atoms with van der Waals surface area (Å²) in [5, 5.41) is 13.5. The van der Waals surface area contributed by atoms with Crippen molar-refractivity contribution in [1.29, 1.82) is 0 Å². The first kappa shape index (κ1) is 23.9. The van der Waals surface area contributed by atoms with E-state index in [0.29, 0.717) is 18.8 Å². The first-order valence-corrected chi connectivity index (χ1v) is 10.5. The van der Waals surface area contributed by atoms with E-state index in [0.717, 1.165) is 50.6 Å². The first-order chi connectivity index (χ1) is 14.1. The predicted molar refractivity (Wildman–Crippen MR) is 122 cm³/mol. The number of phenolic OH excluding ortho intramolecular Hbond substituents is 1. The second-order valence-corrected chi connectivity index (χ2v) is 8.31. The predicted octanol–water partition coefficient (Wildman–Crippen LogP) is 5.32. The summed E-state index contributed by atoms with van der Waals surface area (Å²) >= 11 is 0. The van der Waals surface area contributed by atoms with E-state index in [1.165, 1.54) is 0 Å². The molecule has 0 aromatic heterocycles. The van der Waals surface area contributed by atoms with Gasteiger partial charge in [0, 0.05) is 24.2 Å². The molecular formula is C25H37NO4. The topological polar surface area (TPSA) is 60.0 Å². The van der Waals surface area contributed by atoms with Gasteiger partial charge in [0.2, 0.25) is 0 Å². The van der Waals surface area contributed by atoms with Crippen LogP contribution in [-0.2, 0) is 6.54 Å². The molecule has 30 heavy (non-hydrogen) atoms. The number of hydrogen-bond donors (Lipinski definition) is 2. The highest BCUT2D eigenvalue weighted by Crippen LogP contribution is 2.37. The van der Waals surface area contributed by atoms with E-state index < -0.39 is 0 Å². The Labute approximate surface area is 181 Å². The molecule has 2 aromatic carbocycles. The average molecular weight is 416 g/mol. The van der Waals surface area contributed by atoms with Crippen molar-refractivity contribution in [3.05, 3.63) is 45.5 Å². The molecule has 2 rings (SSSR count). The molecule has 166 valence electrons. The Morgan fingerprint density at radius 2 is 1.50 bits per heavy atom. The molecule has 5 nitrogen and oxygen atoms in total. The van der Waals surface area contributed by atoms with Gasteiger partial charge in [-0.3, -0.25) is 0 Å². The van der Waals surface area contributed by atoms with Gasteiger partial charge in [0.1, 0.15) is 29.1 Å². The van der Waals surface area contributed by atoms with Crippen molar-refractivity contribution in [3.8, 4) is 23.0 Å². The van der Waals surface area contributed by atoms with E-state index in [1.807, 2.05) is 26.0 Å². The number of ether oxygens (including phenoxy) is 3. The Balaban J connectivity index is 2.13. The van der Waals surface area contributed by atoms with Gasteiger partial charge in [-0.15, -0.1) is 0 Å². The van der Waals surface area contributed by atoms with E-state index >= 15 is 0 Å². The van der Waals surface area contributed by atoms with Gasteiger partial charge in [-0.25, -0.2) is 0 Å². The molecule has 1 atom stereocenters. The number of nitrogens with one attached hydrogen (secondary N) is 1. The van der Waals surface area contributed by atoms with E-state index in [4.69, 9.17) is 14.2 Å². The zero-order valence-corrected chi connectivity index (χ0v) is 19.9. The minimum Gasteiger partial charge on any atom is -0.508 e. The van der Waals surface area contributed by atoms with Gasteiger partial charge in [0.15, 0.2) is 0 Å². The van der Waals surface area contributed by atoms with Crippen LogP contribution < -0.4 is 19.5 Å². The summed E-state index contributed by atoms with van der Waals surface area (Å²) in [5.74, 6) is 3.22. The van der Waals surface area contributed by atoms with Crippen molar-refractivity contribution in [3.63, 3.8) is 0 Å². The van der Waals surface area contributed by atoms with E-state index in [-0.39, 0.29) is 12.0 Å². The SMILES string of the molecule is COc1c(C)c(C)c(OC)c(CNCC(C)Oc2cc(C)c(O)cc2C(C)C)c1C. The highest BCUT2D eigenvalue weighted by molar-refractivity contribution is 5.58. The molecule has 0 aliphatic rings. The molecule has 2 aromatic rings. The van der Waals surface area contributed by atoms with Gasteiger partial charge in [-0.1, -0.05) is 13.8 Å². The summed E-state index contributed by atoms with van der Waals surface area (Å²) in [7, 11) is 3.42. The largest absolute Gasteiger partial charge is 0.508 e. The van der Waals surface area contributed by atoms with Crippen molar-refractivity contribution in [1.82, 2.24) is 5.32 Å². The number of aromatic hydroxyl groups is 1. The monoisotopic (exact) mass is 415 g/mol. The lowest BCUT2D eigenvalue weighted by molar-refractivity contribution is 0.213. The fourth-order valence-corrected chi connectivity index (χ4v) is 3.85. The second-order valence-electron chi connectivity index (χ2n) is 8.31. The summed E-state index contributed by atoms with van der Waals surface area (Å²) in [6.45, 7) is 15.7. The number of rotatable bonds is 9. The molecule has 0 bridgehead atoms. The molecule has 0 amide bonds. The summed E-state index contributed by atoms with van der Waals surface area (Å²) in [6.07, 6.45) is -0.0359. The Bertz CT molecular complexity index is 890. The Hall–Kier alpha value is -2.40. The van der Waals surface area contributed by atoms with E-state index in [1.54, 1.807) is 14.2 Å². The van der Waals surface area contributed by atoms with E-state index in [2.05, 4.69) is 39.9 Å². The fourth-order valence-electron chi connectivity index (χ4n) is 3.85. The minimum absolute atomic E-state index is 0.0359. The molecule has 0 spiro atoms. The Kier molecular flexibility index (Phi) is 8.02. The third-order valence-corrected chi connectivity index (χ3v) is 5.73. The molecule has 0 radical (unpaired) electrons. The minimum atomic E-state index is -0.0359. The second kappa shape index (κ2) is 10.1. The quantitative estimate of drug-likeness (QED) is 0.580. The van der Waals surface area contributed by atoms with Crippen LogP contribution in [0.15, 0.2) is 12.1 Å². The van der Waals surface area contributed by atoms with Crippen LogP contribution >= 0.6 is 0 Å². The fraction of sp³-hybridized carbons (Fsp3) is 0.520. The number of aryl methyl sites for hydroxylation is 1. The molecule has 0 heterocycles. The lowest BCUT2D eigenvalue weighted by atomic mass is 9.97. The van der Waals surface area contributed by atoms with Gasteiger partial charge in [0.25, 0.3) is 0 Å². The molecule has 0 saturated carbocycles. The van der Waals surface area contributed by atoms with Crippen molar-refractivity contribution in [2.24, 2.45) is 0 Å². The molecule has 0 aliphatic carbocycles. The van der Waals surface area contributed by atoms with Crippen LogP contribution in [-0.4, -0.2) is 32.0 Å². The maximum atomic E-state index is 10.0. The summed E-state index contributed by atoms with van der Waals surface area (Å²) < 4.78 is 17.6. The average Bonchev–Trinajstić information content (AvgIpc) is 2.68. The molecule has 0 aliphatic heterocycles. The third-order valence-electron chi connectivity index (χ3n) is 5.73. The van der Waals surface area contributed by atoms with Gasteiger partial charge >= 0.3 is 0 Å². The van der Waals surface area contributed by atoms with Crippen molar-refractivity contribution < 1.29 is 19.3 Å². The van der Waals surface area contributed by atoms with Gasteiger partial charge in [-0.2, -0.15) is 0 Å². The molecular weight excluding hydrogens is 378 g/mol. The number of hydrogen-bond acceptors (Lipinski definition) is 5. The molecule has 5 heteroatoms. The Morgan fingerprint density at radius 1 is 0.900 bits per heavy atom. The van der Waals surface area contributed by atoms with Crippen LogP contribution in [0.4, 0.5) is 0 Å². The highest BCUT2D eigenvalue weighted by Gasteiger charge is 2.19. The lowest BCUT2D eigenvalue weighted by Crippen LogP contribution is -2.29. The van der Waals surface area contributed by atoms with Crippen LogP contribution in [0.2, 0.25) is 0 Å². The van der Waals surface area contributed by atoms with Gasteiger partial charge in [0.05, 0.1) is 14.2 Å². The van der Waals surface area contributed by atoms with Crippen LogP contribution in [0.25, 0.3) is 0 Å². The molecule has 1 unspecified atom stereocenters. The van der Waals surface area contributed by atoms with E-state index in [9.17, 15) is 5.11 Å². The normalized spacial score (nSPS) is 12.2. The molecule has 0 fully saturated rings. The lowest BCUT2D eigenvalue weighted by Gasteiger charge is -2.23. The van der Waals surface area contributed by atoms with Crippen molar-refractivity contribution in [2.45, 2.75) is 67.0 Å². The number of benzene rings is 2. The van der Waals surface area contributed by atoms with Crippen molar-refractivity contribution in [2.75, 3.05) is 20.8 Å². The number of methoxy groups -OCH3 is 2. The summed E-state index contributed by atoms with van der Waals surface area (Å²) in [5.41, 5.74) is 6.24. The van der Waals surface area contributed by atoms with Crippen LogP contribution in [0.1, 0.15) is 60.1 Å². The molecule has 0 saturated heterocycles. The zero-order valence-electron chi connectivity index (χ0n) is 19.9. The maximum absolute atomic E-state index is 10.0. The zero-order chi connectivity index (χ0) is 22.6. The summed E-state index contributed by atoms with van der Waals surface area (Å²) in [4.78, 5) is 0. The standard InChI is InChI=1S/C25H37NO4/c1-14(2)20-11-22(27)15(3)10-23(20)30-16(4)12-26-13-21-19(7)24(28-8)17(5)18(6)25(21)29-9/h10-11,14,16,26-27H,12-13H2,1-9H3.